The highest BCUT2D eigenvalue weighted by molar-refractivity contribution is 5.94. The number of ketones is 1. The molecule has 0 aromatic carbocycles. The minimum Gasteiger partial charge on any atom is -0.481 e. The molecule has 0 bridgehead atoms. The normalized spacial score (nSPS) is 14.3. The second kappa shape index (κ2) is 12.1. The molecular weight excluding hydrogens is 288 g/mol. The van der Waals surface area contributed by atoms with Crippen molar-refractivity contribution in [2.75, 3.05) is 0 Å². The van der Waals surface area contributed by atoms with Crippen LogP contribution in [0.15, 0.2) is 23.8 Å². The number of hydrogen-bond acceptors (Lipinski definition) is 2. The summed E-state index contributed by atoms with van der Waals surface area (Å²) in [5.74, 6) is 0.389. The summed E-state index contributed by atoms with van der Waals surface area (Å²) in [5.41, 5.74) is 1.92. The van der Waals surface area contributed by atoms with Gasteiger partial charge in [-0.15, -0.1) is 6.58 Å². The van der Waals surface area contributed by atoms with Crippen molar-refractivity contribution in [3.63, 3.8) is 0 Å². The SMILES string of the molecule is C=C(C)CCC(=O)/C(C)=C\CCC(C)CCCC(C)CC(=O)O. The summed E-state index contributed by atoms with van der Waals surface area (Å²) in [6.45, 7) is 11.9. The quantitative estimate of drug-likeness (QED) is 0.357. The van der Waals surface area contributed by atoms with E-state index in [1.165, 1.54) is 0 Å². The van der Waals surface area contributed by atoms with E-state index in [-0.39, 0.29) is 18.1 Å². The molecule has 0 saturated heterocycles. The molecule has 23 heavy (non-hydrogen) atoms. The van der Waals surface area contributed by atoms with Crippen molar-refractivity contribution in [2.45, 2.75) is 79.1 Å². The summed E-state index contributed by atoms with van der Waals surface area (Å²) in [5, 5.41) is 8.74. The number of carbonyl (C=O) groups excluding carboxylic acids is 1. The third kappa shape index (κ3) is 12.8. The Morgan fingerprint density at radius 1 is 1.04 bits per heavy atom. The van der Waals surface area contributed by atoms with E-state index < -0.39 is 5.97 Å². The van der Waals surface area contributed by atoms with Crippen molar-refractivity contribution < 1.29 is 14.7 Å². The van der Waals surface area contributed by atoms with Crippen LogP contribution in [0.4, 0.5) is 0 Å². The number of hydrogen-bond donors (Lipinski definition) is 1. The van der Waals surface area contributed by atoms with E-state index >= 15 is 0 Å². The van der Waals surface area contributed by atoms with Gasteiger partial charge in [0, 0.05) is 12.8 Å². The van der Waals surface area contributed by atoms with Gasteiger partial charge in [0.2, 0.25) is 0 Å². The van der Waals surface area contributed by atoms with Crippen LogP contribution in [0.5, 0.6) is 0 Å². The van der Waals surface area contributed by atoms with E-state index in [2.05, 4.69) is 19.6 Å². The molecule has 0 rings (SSSR count). The fourth-order valence-corrected chi connectivity index (χ4v) is 2.58. The number of allylic oxidation sites excluding steroid dienone is 3. The van der Waals surface area contributed by atoms with Gasteiger partial charge in [0.25, 0.3) is 0 Å². The van der Waals surface area contributed by atoms with E-state index in [9.17, 15) is 9.59 Å². The molecule has 0 radical (unpaired) electrons. The molecule has 0 aliphatic rings. The third-order valence-electron chi connectivity index (χ3n) is 4.25. The summed E-state index contributed by atoms with van der Waals surface area (Å²) in [6.07, 6.45) is 8.87. The van der Waals surface area contributed by atoms with Crippen LogP contribution >= 0.6 is 0 Å². The van der Waals surface area contributed by atoms with E-state index in [1.54, 1.807) is 0 Å². The Balaban J connectivity index is 3.89. The van der Waals surface area contributed by atoms with Crippen LogP contribution in [0.1, 0.15) is 79.1 Å². The molecule has 0 aliphatic heterocycles. The zero-order chi connectivity index (χ0) is 17.8. The first kappa shape index (κ1) is 21.6. The van der Waals surface area contributed by atoms with Crippen LogP contribution < -0.4 is 0 Å². The second-order valence-electron chi connectivity index (χ2n) is 7.08. The van der Waals surface area contributed by atoms with E-state index in [4.69, 9.17) is 5.11 Å². The van der Waals surface area contributed by atoms with Gasteiger partial charge in [-0.05, 0) is 50.5 Å². The van der Waals surface area contributed by atoms with Crippen LogP contribution in [0.3, 0.4) is 0 Å². The average molecular weight is 322 g/mol. The lowest BCUT2D eigenvalue weighted by Gasteiger charge is -2.12. The molecule has 3 heteroatoms. The summed E-state index contributed by atoms with van der Waals surface area (Å²) in [7, 11) is 0. The fraction of sp³-hybridized carbons (Fsp3) is 0.700. The summed E-state index contributed by atoms with van der Waals surface area (Å²) in [4.78, 5) is 22.5. The molecule has 0 spiro atoms. The van der Waals surface area contributed by atoms with Crippen molar-refractivity contribution in [1.82, 2.24) is 0 Å². The zero-order valence-corrected chi connectivity index (χ0v) is 15.4. The van der Waals surface area contributed by atoms with Gasteiger partial charge in [-0.25, -0.2) is 0 Å². The Labute approximate surface area is 141 Å². The maximum Gasteiger partial charge on any atom is 0.303 e. The van der Waals surface area contributed by atoms with Gasteiger partial charge in [0.15, 0.2) is 5.78 Å². The van der Waals surface area contributed by atoms with Crippen LogP contribution in [-0.4, -0.2) is 16.9 Å². The van der Waals surface area contributed by atoms with Gasteiger partial charge < -0.3 is 5.11 Å². The smallest absolute Gasteiger partial charge is 0.303 e. The minimum absolute atomic E-state index is 0.225. The first-order valence-electron chi connectivity index (χ1n) is 8.78. The van der Waals surface area contributed by atoms with Gasteiger partial charge in [0.1, 0.15) is 0 Å². The predicted octanol–water partition coefficient (Wildman–Crippen LogP) is 5.56. The highest BCUT2D eigenvalue weighted by Gasteiger charge is 2.09. The fourth-order valence-electron chi connectivity index (χ4n) is 2.58. The molecule has 0 heterocycles. The molecule has 0 aromatic heterocycles. The van der Waals surface area contributed by atoms with E-state index in [1.807, 2.05) is 20.8 Å². The molecular formula is C20H34O3. The number of carboxylic acids is 1. The lowest BCUT2D eigenvalue weighted by Crippen LogP contribution is -2.05. The number of aliphatic carboxylic acids is 1. The van der Waals surface area contributed by atoms with Crippen LogP contribution in [0.2, 0.25) is 0 Å². The molecule has 0 aromatic rings. The van der Waals surface area contributed by atoms with Crippen LogP contribution in [-0.2, 0) is 9.59 Å². The second-order valence-corrected chi connectivity index (χ2v) is 7.08. The van der Waals surface area contributed by atoms with Crippen molar-refractivity contribution in [3.05, 3.63) is 23.8 Å². The number of rotatable bonds is 13. The summed E-state index contributed by atoms with van der Waals surface area (Å²) < 4.78 is 0. The standard InChI is InChI=1S/C20H34O3/c1-15(2)12-13-19(21)18(5)11-7-9-16(3)8-6-10-17(4)14-20(22)23/h11,16-17H,1,6-10,12-14H2,2-5H3,(H,22,23)/b18-11-. The molecule has 2 atom stereocenters. The predicted molar refractivity (Wildman–Crippen MR) is 96.5 cm³/mol. The van der Waals surface area contributed by atoms with Gasteiger partial charge in [-0.2, -0.15) is 0 Å². The maximum absolute atomic E-state index is 11.9. The van der Waals surface area contributed by atoms with Gasteiger partial charge >= 0.3 is 5.97 Å². The lowest BCUT2D eigenvalue weighted by atomic mass is 9.93. The number of carboxylic acid groups (broad SMARTS) is 1. The Kier molecular flexibility index (Phi) is 11.4. The molecule has 0 fully saturated rings. The van der Waals surface area contributed by atoms with Crippen molar-refractivity contribution in [1.29, 1.82) is 0 Å². The molecule has 0 amide bonds. The third-order valence-corrected chi connectivity index (χ3v) is 4.25. The minimum atomic E-state index is -0.706. The van der Waals surface area contributed by atoms with E-state index in [0.717, 1.165) is 49.7 Å². The molecule has 1 N–H and O–H groups in total. The van der Waals surface area contributed by atoms with E-state index in [0.29, 0.717) is 12.3 Å². The zero-order valence-electron chi connectivity index (χ0n) is 15.4. The highest BCUT2D eigenvalue weighted by atomic mass is 16.4. The first-order valence-corrected chi connectivity index (χ1v) is 8.78. The van der Waals surface area contributed by atoms with Crippen LogP contribution in [0.25, 0.3) is 0 Å². The number of carbonyl (C=O) groups is 2. The van der Waals surface area contributed by atoms with Crippen molar-refractivity contribution >= 4 is 11.8 Å². The maximum atomic E-state index is 11.9. The topological polar surface area (TPSA) is 54.4 Å². The Bertz CT molecular complexity index is 421. The number of Topliss-reactive ketones (excluding diaryl/α,β-unsaturated/α-hetero) is 1. The first-order chi connectivity index (χ1) is 10.7. The molecule has 3 nitrogen and oxygen atoms in total. The van der Waals surface area contributed by atoms with Crippen LogP contribution in [0, 0.1) is 11.8 Å². The van der Waals surface area contributed by atoms with Gasteiger partial charge in [-0.3, -0.25) is 9.59 Å². The molecule has 2 unspecified atom stereocenters. The average Bonchev–Trinajstić information content (AvgIpc) is 2.43. The van der Waals surface area contributed by atoms with Gasteiger partial charge in [-0.1, -0.05) is 44.8 Å². The largest absolute Gasteiger partial charge is 0.481 e. The monoisotopic (exact) mass is 322 g/mol. The summed E-state index contributed by atoms with van der Waals surface area (Å²) >= 11 is 0. The molecule has 0 aliphatic carbocycles. The Hall–Kier alpha value is -1.38. The Morgan fingerprint density at radius 2 is 1.65 bits per heavy atom. The van der Waals surface area contributed by atoms with Crippen molar-refractivity contribution in [3.8, 4) is 0 Å². The molecule has 0 saturated carbocycles. The highest BCUT2D eigenvalue weighted by Crippen LogP contribution is 2.19. The Morgan fingerprint density at radius 3 is 2.22 bits per heavy atom. The van der Waals surface area contributed by atoms with Gasteiger partial charge in [0.05, 0.1) is 0 Å². The molecule has 132 valence electrons. The van der Waals surface area contributed by atoms with Crippen molar-refractivity contribution in [2.24, 2.45) is 11.8 Å². The summed E-state index contributed by atoms with van der Waals surface area (Å²) in [6, 6.07) is 0. The lowest BCUT2D eigenvalue weighted by molar-refractivity contribution is -0.138.